The Morgan fingerprint density at radius 1 is 0.328 bits per heavy atom. The Morgan fingerprint density at radius 3 is 1.02 bits per heavy atom. The molecule has 0 rings (SSSR count). The average molecular weight is 883 g/mol. The monoisotopic (exact) mass is 883 g/mol. The van der Waals surface area contributed by atoms with Crippen LogP contribution in [0.25, 0.3) is 0 Å². The number of hydrogen-bond acceptors (Lipinski definition) is 6. The van der Waals surface area contributed by atoms with Crippen molar-refractivity contribution < 1.29 is 28.6 Å². The van der Waals surface area contributed by atoms with Gasteiger partial charge in [-0.15, -0.1) is 0 Å². The van der Waals surface area contributed by atoms with Crippen molar-refractivity contribution in [1.82, 2.24) is 0 Å². The van der Waals surface area contributed by atoms with E-state index in [9.17, 15) is 14.4 Å². The predicted octanol–water partition coefficient (Wildman–Crippen LogP) is 16.7. The van der Waals surface area contributed by atoms with Crippen LogP contribution in [-0.2, 0) is 28.6 Å². The van der Waals surface area contributed by atoms with Gasteiger partial charge in [0.05, 0.1) is 0 Å². The first-order valence-electron chi connectivity index (χ1n) is 25.3. The van der Waals surface area contributed by atoms with Gasteiger partial charge in [0.25, 0.3) is 0 Å². The van der Waals surface area contributed by atoms with Crippen molar-refractivity contribution in [3.05, 3.63) is 134 Å². The number of ether oxygens (including phenoxy) is 3. The maximum Gasteiger partial charge on any atom is 0.306 e. The van der Waals surface area contributed by atoms with E-state index in [4.69, 9.17) is 14.2 Å². The van der Waals surface area contributed by atoms with Gasteiger partial charge in [-0.1, -0.05) is 225 Å². The molecule has 0 radical (unpaired) electrons. The minimum Gasteiger partial charge on any atom is -0.462 e. The van der Waals surface area contributed by atoms with E-state index < -0.39 is 6.10 Å². The van der Waals surface area contributed by atoms with Crippen molar-refractivity contribution in [2.75, 3.05) is 13.2 Å². The van der Waals surface area contributed by atoms with Crippen LogP contribution < -0.4 is 0 Å². The first-order chi connectivity index (χ1) is 31.5. The van der Waals surface area contributed by atoms with Crippen molar-refractivity contribution in [2.24, 2.45) is 0 Å². The second-order valence-corrected chi connectivity index (χ2v) is 16.2. The van der Waals surface area contributed by atoms with Crippen LogP contribution in [0.1, 0.15) is 194 Å². The van der Waals surface area contributed by atoms with E-state index in [1.54, 1.807) is 0 Å². The zero-order chi connectivity index (χ0) is 46.5. The quantitative estimate of drug-likeness (QED) is 0.0200. The summed E-state index contributed by atoms with van der Waals surface area (Å²) in [4.78, 5) is 38.0. The largest absolute Gasteiger partial charge is 0.462 e. The third-order valence-electron chi connectivity index (χ3n) is 10.1. The van der Waals surface area contributed by atoms with E-state index in [1.165, 1.54) is 51.4 Å². The number of carbonyl (C=O) groups excluding carboxylic acids is 3. The summed E-state index contributed by atoms with van der Waals surface area (Å²) >= 11 is 0. The molecule has 0 aliphatic carbocycles. The van der Waals surface area contributed by atoms with Crippen molar-refractivity contribution in [2.45, 2.75) is 200 Å². The summed E-state index contributed by atoms with van der Waals surface area (Å²) in [6.45, 7) is 6.26. The molecule has 0 amide bonds. The van der Waals surface area contributed by atoms with Gasteiger partial charge in [0.2, 0.25) is 0 Å². The second-order valence-electron chi connectivity index (χ2n) is 16.2. The van der Waals surface area contributed by atoms with Gasteiger partial charge in [0.1, 0.15) is 13.2 Å². The van der Waals surface area contributed by atoms with Crippen molar-refractivity contribution in [1.29, 1.82) is 0 Å². The lowest BCUT2D eigenvalue weighted by Gasteiger charge is -2.18. The maximum atomic E-state index is 12.8. The van der Waals surface area contributed by atoms with Crippen LogP contribution in [0.5, 0.6) is 0 Å². The zero-order valence-electron chi connectivity index (χ0n) is 40.7. The highest BCUT2D eigenvalue weighted by Crippen LogP contribution is 2.13. The van der Waals surface area contributed by atoms with Crippen LogP contribution in [0.15, 0.2) is 134 Å². The van der Waals surface area contributed by atoms with Gasteiger partial charge >= 0.3 is 17.9 Å². The first-order valence-corrected chi connectivity index (χ1v) is 25.3. The van der Waals surface area contributed by atoms with Crippen LogP contribution >= 0.6 is 0 Å². The van der Waals surface area contributed by atoms with E-state index in [2.05, 4.69) is 81.5 Å². The van der Waals surface area contributed by atoms with Crippen LogP contribution in [-0.4, -0.2) is 37.2 Å². The standard InChI is InChI=1S/C58H90O6/c1-4-7-10-13-16-19-22-25-27-28-29-30-32-33-36-39-42-45-48-51-57(60)63-54-55(53-62-56(59)50-47-44-41-38-35-24-21-18-15-12-9-6-3)64-58(61)52-49-46-43-40-37-34-31-26-23-20-17-14-11-8-5-2/h7-8,10-11,13-14,16-23,25,27-30,32-33,36,55H,4-6,9,12,15,24,26,31,34-35,37-54H2,1-3H3/b10-7-,11-8-,16-13-,17-14-,21-18-,22-19-,23-20-,27-25-,29-28+,32-30-,36-33-. The van der Waals surface area contributed by atoms with Gasteiger partial charge in [-0.2, -0.15) is 0 Å². The smallest absolute Gasteiger partial charge is 0.306 e. The number of unbranched alkanes of at least 4 members (excludes halogenated alkanes) is 18. The Morgan fingerprint density at radius 2 is 0.625 bits per heavy atom. The summed E-state index contributed by atoms with van der Waals surface area (Å²) in [5.41, 5.74) is 0. The molecule has 0 N–H and O–H groups in total. The molecule has 64 heavy (non-hydrogen) atoms. The third-order valence-corrected chi connectivity index (χ3v) is 10.1. The molecule has 1 atom stereocenters. The Balaban J connectivity index is 4.54. The molecular weight excluding hydrogens is 793 g/mol. The van der Waals surface area contributed by atoms with Crippen molar-refractivity contribution >= 4 is 17.9 Å². The lowest BCUT2D eigenvalue weighted by molar-refractivity contribution is -0.167. The molecule has 1 unspecified atom stereocenters. The summed E-state index contributed by atoms with van der Waals surface area (Å²) < 4.78 is 16.7. The summed E-state index contributed by atoms with van der Waals surface area (Å²) in [5, 5.41) is 0. The van der Waals surface area contributed by atoms with Gasteiger partial charge in [-0.3, -0.25) is 14.4 Å². The summed E-state index contributed by atoms with van der Waals surface area (Å²) in [6.07, 6.45) is 71.4. The number of rotatable bonds is 43. The van der Waals surface area contributed by atoms with Crippen molar-refractivity contribution in [3.8, 4) is 0 Å². The van der Waals surface area contributed by atoms with E-state index in [-0.39, 0.29) is 31.1 Å². The second kappa shape index (κ2) is 51.2. The molecule has 0 aliphatic heterocycles. The Labute approximate surface area is 392 Å². The summed E-state index contributed by atoms with van der Waals surface area (Å²) in [7, 11) is 0. The fourth-order valence-corrected chi connectivity index (χ4v) is 6.36. The molecule has 0 saturated carbocycles. The van der Waals surface area contributed by atoms with Crippen LogP contribution in [0.2, 0.25) is 0 Å². The fraction of sp³-hybridized carbons (Fsp3) is 0.569. The lowest BCUT2D eigenvalue weighted by atomic mass is 10.1. The van der Waals surface area contributed by atoms with Gasteiger partial charge in [-0.25, -0.2) is 0 Å². The van der Waals surface area contributed by atoms with Crippen LogP contribution in [0.4, 0.5) is 0 Å². The SMILES string of the molecule is CC\C=C/C=C\C=C/C=C\C=C\C=C/C=C\CCCCCC(=O)OCC(COC(=O)CCCCCCC/C=C\CCCCC)OC(=O)CCCCCCCCC\C=C/C=C\C=C/CC. The van der Waals surface area contributed by atoms with Gasteiger partial charge in [0.15, 0.2) is 6.10 Å². The molecule has 358 valence electrons. The summed E-state index contributed by atoms with van der Waals surface area (Å²) in [5.74, 6) is -0.985. The highest BCUT2D eigenvalue weighted by atomic mass is 16.6. The highest BCUT2D eigenvalue weighted by molar-refractivity contribution is 5.71. The average Bonchev–Trinajstić information content (AvgIpc) is 3.29. The van der Waals surface area contributed by atoms with E-state index in [1.807, 2.05) is 72.9 Å². The number of esters is 3. The molecular formula is C58H90O6. The van der Waals surface area contributed by atoms with Gasteiger partial charge in [0, 0.05) is 19.3 Å². The Hall–Kier alpha value is -4.45. The molecule has 6 heteroatoms. The van der Waals surface area contributed by atoms with E-state index in [0.29, 0.717) is 19.3 Å². The van der Waals surface area contributed by atoms with Gasteiger partial charge < -0.3 is 14.2 Å². The highest BCUT2D eigenvalue weighted by Gasteiger charge is 2.19. The zero-order valence-corrected chi connectivity index (χ0v) is 40.7. The predicted molar refractivity (Wildman–Crippen MR) is 274 cm³/mol. The molecule has 0 aliphatic rings. The molecule has 0 spiro atoms. The number of hydrogen-bond donors (Lipinski definition) is 0. The first kappa shape index (κ1) is 59.5. The third kappa shape index (κ3) is 48.6. The number of carbonyl (C=O) groups is 3. The Kier molecular flexibility index (Phi) is 47.6. The molecule has 0 saturated heterocycles. The topological polar surface area (TPSA) is 78.9 Å². The van der Waals surface area contributed by atoms with Crippen molar-refractivity contribution in [3.63, 3.8) is 0 Å². The molecule has 0 bridgehead atoms. The normalized spacial score (nSPS) is 13.2. The molecule has 0 aromatic carbocycles. The molecule has 0 heterocycles. The minimum atomic E-state index is -0.811. The van der Waals surface area contributed by atoms with Crippen LogP contribution in [0.3, 0.4) is 0 Å². The molecule has 0 fully saturated rings. The van der Waals surface area contributed by atoms with Gasteiger partial charge in [-0.05, 0) is 83.5 Å². The Bertz CT molecular complexity index is 1430. The maximum absolute atomic E-state index is 12.8. The fourth-order valence-electron chi connectivity index (χ4n) is 6.36. The summed E-state index contributed by atoms with van der Waals surface area (Å²) in [6, 6.07) is 0. The molecule has 0 aromatic rings. The molecule has 6 nitrogen and oxygen atoms in total. The van der Waals surface area contributed by atoms with Crippen LogP contribution in [0, 0.1) is 0 Å². The minimum absolute atomic E-state index is 0.107. The lowest BCUT2D eigenvalue weighted by Crippen LogP contribution is -2.30. The molecule has 0 aromatic heterocycles. The van der Waals surface area contributed by atoms with E-state index in [0.717, 1.165) is 103 Å². The number of allylic oxidation sites excluding steroid dienone is 22. The van der Waals surface area contributed by atoms with E-state index >= 15 is 0 Å².